The van der Waals surface area contributed by atoms with E-state index < -0.39 is 0 Å². The normalized spacial score (nSPS) is 17.8. The van der Waals surface area contributed by atoms with Gasteiger partial charge in [-0.1, -0.05) is 13.8 Å². The minimum atomic E-state index is 0.279. The smallest absolute Gasteiger partial charge is 0.223 e. The third kappa shape index (κ3) is 6.89. The van der Waals surface area contributed by atoms with Crippen LogP contribution in [0.1, 0.15) is 26.7 Å². The maximum Gasteiger partial charge on any atom is 0.223 e. The zero-order chi connectivity index (χ0) is 14.1. The molecule has 5 nitrogen and oxygen atoms in total. The van der Waals surface area contributed by atoms with Gasteiger partial charge in [-0.3, -0.25) is 9.69 Å². The monoisotopic (exact) mass is 271 g/mol. The Kier molecular flexibility index (Phi) is 8.02. The first-order chi connectivity index (χ1) is 9.13. The maximum atomic E-state index is 12.1. The van der Waals surface area contributed by atoms with Crippen LogP contribution in [-0.2, 0) is 9.53 Å². The van der Waals surface area contributed by atoms with Crippen molar-refractivity contribution in [2.24, 2.45) is 0 Å². The van der Waals surface area contributed by atoms with Crippen molar-refractivity contribution < 1.29 is 9.53 Å². The van der Waals surface area contributed by atoms with Crippen LogP contribution in [-0.4, -0.2) is 74.7 Å². The van der Waals surface area contributed by atoms with Gasteiger partial charge in [0.2, 0.25) is 5.91 Å². The Hall–Kier alpha value is -0.650. The first-order valence-electron chi connectivity index (χ1n) is 7.36. The van der Waals surface area contributed by atoms with Crippen LogP contribution in [0.2, 0.25) is 0 Å². The van der Waals surface area contributed by atoms with Crippen LogP contribution >= 0.6 is 0 Å². The first-order valence-corrected chi connectivity index (χ1v) is 7.36. The molecule has 19 heavy (non-hydrogen) atoms. The lowest BCUT2D eigenvalue weighted by molar-refractivity contribution is -0.131. The minimum Gasteiger partial charge on any atom is -0.383 e. The van der Waals surface area contributed by atoms with E-state index in [1.54, 1.807) is 7.11 Å². The van der Waals surface area contributed by atoms with Crippen LogP contribution in [0.25, 0.3) is 0 Å². The summed E-state index contributed by atoms with van der Waals surface area (Å²) in [7, 11) is 1.73. The van der Waals surface area contributed by atoms with Gasteiger partial charge in [0, 0.05) is 52.3 Å². The molecular weight excluding hydrogens is 242 g/mol. The second-order valence-electron chi connectivity index (χ2n) is 5.43. The van der Waals surface area contributed by atoms with Gasteiger partial charge in [-0.05, 0) is 13.0 Å². The Labute approximate surface area is 117 Å². The number of methoxy groups -OCH3 is 1. The second-order valence-corrected chi connectivity index (χ2v) is 5.43. The van der Waals surface area contributed by atoms with Gasteiger partial charge in [-0.2, -0.15) is 0 Å². The van der Waals surface area contributed by atoms with E-state index in [1.165, 1.54) is 0 Å². The van der Waals surface area contributed by atoms with E-state index in [9.17, 15) is 4.79 Å². The average molecular weight is 271 g/mol. The zero-order valence-corrected chi connectivity index (χ0v) is 12.7. The van der Waals surface area contributed by atoms with E-state index in [1.807, 2.05) is 4.90 Å². The topological polar surface area (TPSA) is 44.8 Å². The highest BCUT2D eigenvalue weighted by Gasteiger charge is 2.18. The van der Waals surface area contributed by atoms with Crippen LogP contribution in [0, 0.1) is 0 Å². The van der Waals surface area contributed by atoms with Crippen LogP contribution in [0.5, 0.6) is 0 Å². The number of carbonyl (C=O) groups excluding carboxylic acids is 1. The van der Waals surface area contributed by atoms with E-state index in [0.717, 1.165) is 52.3 Å². The second kappa shape index (κ2) is 9.28. The van der Waals surface area contributed by atoms with E-state index in [2.05, 4.69) is 24.1 Å². The highest BCUT2D eigenvalue weighted by Crippen LogP contribution is 2.04. The fourth-order valence-electron chi connectivity index (χ4n) is 2.29. The van der Waals surface area contributed by atoms with Crippen molar-refractivity contribution in [3.8, 4) is 0 Å². The fourth-order valence-corrected chi connectivity index (χ4v) is 2.29. The summed E-state index contributed by atoms with van der Waals surface area (Å²) in [5, 5.41) is 3.29. The lowest BCUT2D eigenvalue weighted by atomic mass is 10.3. The highest BCUT2D eigenvalue weighted by molar-refractivity contribution is 5.76. The van der Waals surface area contributed by atoms with Crippen molar-refractivity contribution in [1.82, 2.24) is 15.1 Å². The predicted octanol–water partition coefficient (Wildman–Crippen LogP) is 0.555. The molecule has 0 aliphatic carbocycles. The Morgan fingerprint density at radius 1 is 1.26 bits per heavy atom. The summed E-state index contributed by atoms with van der Waals surface area (Å²) in [5.41, 5.74) is 0. The van der Waals surface area contributed by atoms with Gasteiger partial charge in [0.05, 0.1) is 6.61 Å². The number of hydrogen-bond acceptors (Lipinski definition) is 4. The highest BCUT2D eigenvalue weighted by atomic mass is 16.5. The van der Waals surface area contributed by atoms with Crippen molar-refractivity contribution in [3.05, 3.63) is 0 Å². The summed E-state index contributed by atoms with van der Waals surface area (Å²) in [5.74, 6) is 0.279. The van der Waals surface area contributed by atoms with Crippen LogP contribution in [0.4, 0.5) is 0 Å². The molecule has 0 spiro atoms. The maximum absolute atomic E-state index is 12.1. The van der Waals surface area contributed by atoms with E-state index in [-0.39, 0.29) is 5.91 Å². The molecule has 1 heterocycles. The molecule has 0 bridgehead atoms. The molecule has 112 valence electrons. The predicted molar refractivity (Wildman–Crippen MR) is 77.3 cm³/mol. The van der Waals surface area contributed by atoms with Gasteiger partial charge in [0.1, 0.15) is 0 Å². The largest absolute Gasteiger partial charge is 0.383 e. The van der Waals surface area contributed by atoms with E-state index in [0.29, 0.717) is 12.5 Å². The molecule has 0 aromatic rings. The van der Waals surface area contributed by atoms with Crippen LogP contribution in [0.3, 0.4) is 0 Å². The standard InChI is InChI=1S/C14H29N3O2/c1-13(2)15-6-5-14(18)17-8-4-7-16(9-10-17)11-12-19-3/h13,15H,4-12H2,1-3H3. The summed E-state index contributed by atoms with van der Waals surface area (Å²) >= 11 is 0. The molecule has 1 aliphatic heterocycles. The number of nitrogens with one attached hydrogen (secondary N) is 1. The molecule has 0 unspecified atom stereocenters. The third-order valence-corrected chi connectivity index (χ3v) is 3.44. The summed E-state index contributed by atoms with van der Waals surface area (Å²) in [6, 6.07) is 0.446. The number of rotatable bonds is 7. The number of carbonyl (C=O) groups is 1. The molecule has 0 atom stereocenters. The van der Waals surface area contributed by atoms with Crippen molar-refractivity contribution in [1.29, 1.82) is 0 Å². The van der Waals surface area contributed by atoms with E-state index in [4.69, 9.17) is 4.74 Å². The van der Waals surface area contributed by atoms with Gasteiger partial charge in [-0.15, -0.1) is 0 Å². The van der Waals surface area contributed by atoms with E-state index >= 15 is 0 Å². The summed E-state index contributed by atoms with van der Waals surface area (Å²) in [6.07, 6.45) is 1.67. The summed E-state index contributed by atoms with van der Waals surface area (Å²) < 4.78 is 5.10. The Balaban J connectivity index is 2.25. The van der Waals surface area contributed by atoms with Gasteiger partial charge < -0.3 is 15.0 Å². The molecule has 1 rings (SSSR count). The molecule has 5 heteroatoms. The number of nitrogens with zero attached hydrogens (tertiary/aromatic N) is 2. The third-order valence-electron chi connectivity index (χ3n) is 3.44. The summed E-state index contributed by atoms with van der Waals surface area (Å²) in [6.45, 7) is 10.5. The van der Waals surface area contributed by atoms with Crippen LogP contribution < -0.4 is 5.32 Å². The summed E-state index contributed by atoms with van der Waals surface area (Å²) in [4.78, 5) is 16.5. The molecule has 1 saturated heterocycles. The molecule has 0 radical (unpaired) electrons. The first kappa shape index (κ1) is 16.4. The quantitative estimate of drug-likeness (QED) is 0.735. The lowest BCUT2D eigenvalue weighted by Gasteiger charge is -2.22. The lowest BCUT2D eigenvalue weighted by Crippen LogP contribution is -2.37. The Morgan fingerprint density at radius 2 is 2.05 bits per heavy atom. The number of amides is 1. The molecule has 0 saturated carbocycles. The van der Waals surface area contributed by atoms with Gasteiger partial charge in [0.25, 0.3) is 0 Å². The van der Waals surface area contributed by atoms with Crippen molar-refractivity contribution >= 4 is 5.91 Å². The molecule has 1 aliphatic rings. The van der Waals surface area contributed by atoms with Crippen LogP contribution in [0.15, 0.2) is 0 Å². The molecule has 1 amide bonds. The zero-order valence-electron chi connectivity index (χ0n) is 12.7. The van der Waals surface area contributed by atoms with Gasteiger partial charge in [-0.25, -0.2) is 0 Å². The Morgan fingerprint density at radius 3 is 2.74 bits per heavy atom. The number of ether oxygens (including phenoxy) is 1. The molecule has 0 aromatic heterocycles. The Bertz CT molecular complexity index is 259. The van der Waals surface area contributed by atoms with Gasteiger partial charge in [0.15, 0.2) is 0 Å². The fraction of sp³-hybridized carbons (Fsp3) is 0.929. The number of hydrogen-bond donors (Lipinski definition) is 1. The molecule has 1 N–H and O–H groups in total. The van der Waals surface area contributed by atoms with Crippen molar-refractivity contribution in [2.45, 2.75) is 32.7 Å². The van der Waals surface area contributed by atoms with Crippen molar-refractivity contribution in [3.63, 3.8) is 0 Å². The molecule has 1 fully saturated rings. The average Bonchev–Trinajstić information content (AvgIpc) is 2.61. The van der Waals surface area contributed by atoms with Crippen molar-refractivity contribution in [2.75, 3.05) is 53.0 Å². The minimum absolute atomic E-state index is 0.279. The van der Waals surface area contributed by atoms with Gasteiger partial charge >= 0.3 is 0 Å². The molecular formula is C14H29N3O2. The SMILES string of the molecule is COCCN1CCCN(C(=O)CCNC(C)C)CC1. The molecule has 0 aromatic carbocycles.